The second-order valence-electron chi connectivity index (χ2n) is 5.32. The number of hydrogen-bond donors (Lipinski definition) is 1. The van der Waals surface area contributed by atoms with Gasteiger partial charge >= 0.3 is 0 Å². The molecule has 1 aliphatic rings. The Kier molecular flexibility index (Phi) is 5.16. The van der Waals surface area contributed by atoms with Crippen molar-refractivity contribution in [3.8, 4) is 0 Å². The van der Waals surface area contributed by atoms with Crippen LogP contribution in [0, 0.1) is 5.82 Å². The number of hydrogen-bond acceptors (Lipinski definition) is 3. The molecule has 1 heterocycles. The van der Waals surface area contributed by atoms with Gasteiger partial charge in [-0.2, -0.15) is 0 Å². The number of nitrogens with one attached hydrogen (secondary N) is 1. The van der Waals surface area contributed by atoms with Crippen molar-refractivity contribution in [1.82, 2.24) is 10.2 Å². The first-order chi connectivity index (χ1) is 9.19. The van der Waals surface area contributed by atoms with Crippen LogP contribution < -0.4 is 10.2 Å². The number of likely N-dealkylation sites (N-methyl/N-ethyl adjacent to an activating group) is 1. The number of anilines is 1. The maximum atomic E-state index is 13.6. The summed E-state index contributed by atoms with van der Waals surface area (Å²) in [6.45, 7) is 5.13. The number of likely N-dealkylation sites (tertiary alicyclic amines) is 1. The zero-order valence-electron chi connectivity index (χ0n) is 12.0. The summed E-state index contributed by atoms with van der Waals surface area (Å²) < 4.78 is 13.6. The van der Waals surface area contributed by atoms with E-state index < -0.39 is 0 Å². The van der Waals surface area contributed by atoms with Crippen molar-refractivity contribution in [3.63, 3.8) is 0 Å². The molecule has 19 heavy (non-hydrogen) atoms. The fraction of sp³-hybridized carbons (Fsp3) is 0.600. The number of halogens is 1. The van der Waals surface area contributed by atoms with E-state index in [1.54, 1.807) is 12.1 Å². The van der Waals surface area contributed by atoms with Gasteiger partial charge in [-0.3, -0.25) is 0 Å². The maximum absolute atomic E-state index is 13.6. The van der Waals surface area contributed by atoms with Crippen LogP contribution in [0.3, 0.4) is 0 Å². The number of rotatable bonds is 6. The summed E-state index contributed by atoms with van der Waals surface area (Å²) in [4.78, 5) is 4.62. The summed E-state index contributed by atoms with van der Waals surface area (Å²) >= 11 is 0. The summed E-state index contributed by atoms with van der Waals surface area (Å²) in [6.07, 6.45) is 2.63. The Morgan fingerprint density at radius 3 is 2.68 bits per heavy atom. The van der Waals surface area contributed by atoms with Crippen LogP contribution in [-0.2, 0) is 6.54 Å². The molecular weight excluding hydrogens is 241 g/mol. The van der Waals surface area contributed by atoms with Gasteiger partial charge < -0.3 is 15.1 Å². The van der Waals surface area contributed by atoms with Crippen LogP contribution in [0.15, 0.2) is 18.2 Å². The van der Waals surface area contributed by atoms with Gasteiger partial charge in [0.1, 0.15) is 5.82 Å². The highest BCUT2D eigenvalue weighted by Crippen LogP contribution is 2.18. The Morgan fingerprint density at radius 1 is 1.26 bits per heavy atom. The van der Waals surface area contributed by atoms with Crippen LogP contribution in [0.5, 0.6) is 0 Å². The van der Waals surface area contributed by atoms with Gasteiger partial charge in [-0.1, -0.05) is 0 Å². The fourth-order valence-corrected chi connectivity index (χ4v) is 2.59. The van der Waals surface area contributed by atoms with Crippen molar-refractivity contribution in [1.29, 1.82) is 0 Å². The predicted octanol–water partition coefficient (Wildman–Crippen LogP) is 2.08. The van der Waals surface area contributed by atoms with Crippen LogP contribution in [0.4, 0.5) is 10.1 Å². The lowest BCUT2D eigenvalue weighted by Crippen LogP contribution is -2.31. The van der Waals surface area contributed by atoms with Crippen molar-refractivity contribution in [2.45, 2.75) is 19.4 Å². The number of nitrogens with zero attached hydrogens (tertiary/aromatic N) is 2. The topological polar surface area (TPSA) is 18.5 Å². The molecule has 4 heteroatoms. The van der Waals surface area contributed by atoms with Gasteiger partial charge in [0.2, 0.25) is 0 Å². The Morgan fingerprint density at radius 2 is 2.00 bits per heavy atom. The molecule has 2 rings (SSSR count). The zero-order valence-corrected chi connectivity index (χ0v) is 12.0. The highest BCUT2D eigenvalue weighted by molar-refractivity contribution is 5.48. The maximum Gasteiger partial charge on any atom is 0.125 e. The van der Waals surface area contributed by atoms with E-state index in [1.165, 1.54) is 25.9 Å². The van der Waals surface area contributed by atoms with E-state index in [4.69, 9.17) is 0 Å². The molecule has 1 aromatic rings. The third-order valence-corrected chi connectivity index (χ3v) is 3.71. The Balaban J connectivity index is 1.94. The molecule has 0 bridgehead atoms. The zero-order chi connectivity index (χ0) is 13.7. The molecule has 0 spiro atoms. The molecule has 0 aromatic heterocycles. The molecule has 0 radical (unpaired) electrons. The summed E-state index contributed by atoms with van der Waals surface area (Å²) in [5, 5.41) is 3.06. The van der Waals surface area contributed by atoms with Crippen LogP contribution in [0.25, 0.3) is 0 Å². The highest BCUT2D eigenvalue weighted by Gasteiger charge is 2.12. The SMILES string of the molecule is CNCc1cc(F)cc(N(C)CCN2CCCC2)c1. The monoisotopic (exact) mass is 265 g/mol. The summed E-state index contributed by atoms with van der Waals surface area (Å²) in [5.41, 5.74) is 1.95. The largest absolute Gasteiger partial charge is 0.373 e. The van der Waals surface area contributed by atoms with Gasteiger partial charge in [0.25, 0.3) is 0 Å². The summed E-state index contributed by atoms with van der Waals surface area (Å²) in [6, 6.07) is 5.26. The highest BCUT2D eigenvalue weighted by atomic mass is 19.1. The fourth-order valence-electron chi connectivity index (χ4n) is 2.59. The van der Waals surface area contributed by atoms with Gasteiger partial charge in [-0.25, -0.2) is 4.39 Å². The van der Waals surface area contributed by atoms with Crippen LogP contribution >= 0.6 is 0 Å². The third kappa shape index (κ3) is 4.18. The summed E-state index contributed by atoms with van der Waals surface area (Å²) in [7, 11) is 3.91. The molecule has 1 fully saturated rings. The standard InChI is InChI=1S/C15H24FN3/c1-17-12-13-9-14(16)11-15(10-13)18(2)7-8-19-5-3-4-6-19/h9-11,17H,3-8,12H2,1-2H3. The van der Waals surface area contributed by atoms with E-state index in [2.05, 4.69) is 21.2 Å². The van der Waals surface area contributed by atoms with Crippen molar-refractivity contribution in [2.24, 2.45) is 0 Å². The lowest BCUT2D eigenvalue weighted by atomic mass is 10.2. The molecule has 0 unspecified atom stereocenters. The molecule has 0 atom stereocenters. The van der Waals surface area contributed by atoms with E-state index in [1.807, 2.05) is 14.1 Å². The molecule has 1 saturated heterocycles. The van der Waals surface area contributed by atoms with Crippen molar-refractivity contribution >= 4 is 5.69 Å². The first-order valence-electron chi connectivity index (χ1n) is 7.06. The molecule has 0 amide bonds. The van der Waals surface area contributed by atoms with Crippen molar-refractivity contribution in [3.05, 3.63) is 29.6 Å². The minimum atomic E-state index is -0.157. The molecule has 106 valence electrons. The second-order valence-corrected chi connectivity index (χ2v) is 5.32. The summed E-state index contributed by atoms with van der Waals surface area (Å²) in [5.74, 6) is -0.157. The normalized spacial score (nSPS) is 15.9. The van der Waals surface area contributed by atoms with Crippen molar-refractivity contribution < 1.29 is 4.39 Å². The molecule has 1 aliphatic heterocycles. The van der Waals surface area contributed by atoms with Gasteiger partial charge in [0.05, 0.1) is 0 Å². The molecule has 1 N–H and O–H groups in total. The van der Waals surface area contributed by atoms with Crippen LogP contribution in [0.1, 0.15) is 18.4 Å². The minimum absolute atomic E-state index is 0.157. The third-order valence-electron chi connectivity index (χ3n) is 3.71. The molecule has 0 saturated carbocycles. The molecule has 0 aliphatic carbocycles. The van der Waals surface area contributed by atoms with E-state index >= 15 is 0 Å². The van der Waals surface area contributed by atoms with Crippen LogP contribution in [-0.4, -0.2) is 45.2 Å². The quantitative estimate of drug-likeness (QED) is 0.849. The van der Waals surface area contributed by atoms with Gasteiger partial charge in [-0.05, 0) is 56.7 Å². The van der Waals surface area contributed by atoms with Crippen LogP contribution in [0.2, 0.25) is 0 Å². The lowest BCUT2D eigenvalue weighted by Gasteiger charge is -2.23. The lowest BCUT2D eigenvalue weighted by molar-refractivity contribution is 0.346. The van der Waals surface area contributed by atoms with Gasteiger partial charge in [0.15, 0.2) is 0 Å². The first-order valence-corrected chi connectivity index (χ1v) is 7.06. The molecular formula is C15H24FN3. The van der Waals surface area contributed by atoms with E-state index in [-0.39, 0.29) is 5.82 Å². The van der Waals surface area contributed by atoms with Gasteiger partial charge in [-0.15, -0.1) is 0 Å². The van der Waals surface area contributed by atoms with Gasteiger partial charge in [0, 0.05) is 32.4 Å². The minimum Gasteiger partial charge on any atom is -0.373 e. The Bertz CT molecular complexity index is 402. The Labute approximate surface area is 115 Å². The predicted molar refractivity (Wildman–Crippen MR) is 78.1 cm³/mol. The average Bonchev–Trinajstić information content (AvgIpc) is 2.88. The smallest absolute Gasteiger partial charge is 0.125 e. The van der Waals surface area contributed by atoms with E-state index in [0.29, 0.717) is 6.54 Å². The second kappa shape index (κ2) is 6.87. The first kappa shape index (κ1) is 14.3. The van der Waals surface area contributed by atoms with E-state index in [9.17, 15) is 4.39 Å². The van der Waals surface area contributed by atoms with E-state index in [0.717, 1.165) is 24.3 Å². The average molecular weight is 265 g/mol. The number of benzene rings is 1. The Hall–Kier alpha value is -1.13. The van der Waals surface area contributed by atoms with Crippen molar-refractivity contribution in [2.75, 3.05) is 45.2 Å². The molecule has 1 aromatic carbocycles. The molecule has 3 nitrogen and oxygen atoms in total.